The summed E-state index contributed by atoms with van der Waals surface area (Å²) >= 11 is 6.63. The Balaban J connectivity index is 1.54. The first kappa shape index (κ1) is 18.2. The fraction of sp³-hybridized carbons (Fsp3) is 0.0968. The SMILES string of the molecule is Clc1ccc2c(c1)C1(c3ccccc3-c3ccccc31)C1C=CC(c3ccccc3)=CC21. The summed E-state index contributed by atoms with van der Waals surface area (Å²) in [6.07, 6.45) is 7.26. The predicted molar refractivity (Wildman–Crippen MR) is 133 cm³/mol. The molecule has 0 radical (unpaired) electrons. The fourth-order valence-corrected chi connectivity index (χ4v) is 6.63. The molecule has 0 N–H and O–H groups in total. The third kappa shape index (κ3) is 2.23. The van der Waals surface area contributed by atoms with Gasteiger partial charge in [0.15, 0.2) is 0 Å². The van der Waals surface area contributed by atoms with Gasteiger partial charge in [-0.2, -0.15) is 0 Å². The molecule has 2 atom stereocenters. The molecule has 0 nitrogen and oxygen atoms in total. The van der Waals surface area contributed by atoms with Gasteiger partial charge in [-0.3, -0.25) is 0 Å². The average Bonchev–Trinajstić information content (AvgIpc) is 3.31. The quantitative estimate of drug-likeness (QED) is 0.288. The Morgan fingerprint density at radius 1 is 0.656 bits per heavy atom. The monoisotopic (exact) mass is 428 g/mol. The maximum Gasteiger partial charge on any atom is 0.0538 e. The maximum atomic E-state index is 6.63. The van der Waals surface area contributed by atoms with Crippen LogP contribution >= 0.6 is 11.6 Å². The van der Waals surface area contributed by atoms with Gasteiger partial charge < -0.3 is 0 Å². The molecule has 32 heavy (non-hydrogen) atoms. The molecule has 2 unspecified atom stereocenters. The van der Waals surface area contributed by atoms with Crippen LogP contribution in [0, 0.1) is 5.92 Å². The molecule has 4 aromatic rings. The van der Waals surface area contributed by atoms with E-state index in [0.29, 0.717) is 11.8 Å². The van der Waals surface area contributed by atoms with Gasteiger partial charge in [0.2, 0.25) is 0 Å². The van der Waals surface area contributed by atoms with E-state index >= 15 is 0 Å². The zero-order chi connectivity index (χ0) is 21.3. The van der Waals surface area contributed by atoms with Crippen LogP contribution in [0.25, 0.3) is 16.7 Å². The number of hydrogen-bond acceptors (Lipinski definition) is 0. The van der Waals surface area contributed by atoms with Crippen molar-refractivity contribution in [2.75, 3.05) is 0 Å². The highest BCUT2D eigenvalue weighted by Gasteiger charge is 2.57. The minimum Gasteiger partial charge on any atom is -0.0843 e. The van der Waals surface area contributed by atoms with Crippen LogP contribution in [-0.2, 0) is 5.41 Å². The summed E-state index contributed by atoms with van der Waals surface area (Å²) in [7, 11) is 0. The van der Waals surface area contributed by atoms with Crippen LogP contribution in [0.5, 0.6) is 0 Å². The third-order valence-corrected chi connectivity index (χ3v) is 7.86. The first-order chi connectivity index (χ1) is 15.8. The summed E-state index contributed by atoms with van der Waals surface area (Å²) in [5.74, 6) is 0.620. The van der Waals surface area contributed by atoms with Gasteiger partial charge in [-0.15, -0.1) is 0 Å². The summed E-state index contributed by atoms with van der Waals surface area (Å²) in [6.45, 7) is 0. The molecule has 0 saturated heterocycles. The van der Waals surface area contributed by atoms with Crippen LogP contribution in [0.1, 0.15) is 33.7 Å². The van der Waals surface area contributed by atoms with E-state index in [1.165, 1.54) is 44.5 Å². The summed E-state index contributed by atoms with van der Waals surface area (Å²) in [4.78, 5) is 0. The van der Waals surface area contributed by atoms with E-state index in [4.69, 9.17) is 11.6 Å². The summed E-state index contributed by atoms with van der Waals surface area (Å²) < 4.78 is 0. The first-order valence-corrected chi connectivity index (χ1v) is 11.6. The van der Waals surface area contributed by atoms with Gasteiger partial charge >= 0.3 is 0 Å². The van der Waals surface area contributed by atoms with Crippen LogP contribution < -0.4 is 0 Å². The lowest BCUT2D eigenvalue weighted by atomic mass is 9.65. The van der Waals surface area contributed by atoms with Crippen LogP contribution in [0.3, 0.4) is 0 Å². The smallest absolute Gasteiger partial charge is 0.0538 e. The fourth-order valence-electron chi connectivity index (χ4n) is 6.46. The highest BCUT2D eigenvalue weighted by molar-refractivity contribution is 6.30. The molecule has 4 aromatic carbocycles. The normalized spacial score (nSPS) is 21.0. The van der Waals surface area contributed by atoms with Gasteiger partial charge in [0.05, 0.1) is 5.41 Å². The third-order valence-electron chi connectivity index (χ3n) is 7.63. The number of rotatable bonds is 1. The number of benzene rings is 4. The topological polar surface area (TPSA) is 0 Å². The lowest BCUT2D eigenvalue weighted by Gasteiger charge is -2.36. The highest BCUT2D eigenvalue weighted by Crippen LogP contribution is 2.65. The van der Waals surface area contributed by atoms with Crippen LogP contribution in [0.4, 0.5) is 0 Å². The molecule has 0 heterocycles. The van der Waals surface area contributed by atoms with Gasteiger partial charge in [-0.1, -0.05) is 115 Å². The molecule has 0 amide bonds. The highest BCUT2D eigenvalue weighted by atomic mass is 35.5. The Kier molecular flexibility index (Phi) is 3.75. The molecular weight excluding hydrogens is 408 g/mol. The number of allylic oxidation sites excluding steroid dienone is 4. The van der Waals surface area contributed by atoms with E-state index in [0.717, 1.165) is 5.02 Å². The summed E-state index contributed by atoms with van der Waals surface area (Å²) in [6, 6.07) is 35.1. The van der Waals surface area contributed by atoms with Gasteiger partial charge in [0.25, 0.3) is 0 Å². The van der Waals surface area contributed by atoms with Crippen LogP contribution in [0.15, 0.2) is 115 Å². The lowest BCUT2D eigenvalue weighted by molar-refractivity contribution is 0.466. The molecular formula is C31H21Cl. The average molecular weight is 429 g/mol. The second kappa shape index (κ2) is 6.58. The van der Waals surface area contributed by atoms with Crippen molar-refractivity contribution >= 4 is 17.2 Å². The Labute approximate surface area is 193 Å². The Bertz CT molecular complexity index is 1400. The van der Waals surface area contributed by atoms with E-state index in [9.17, 15) is 0 Å². The van der Waals surface area contributed by atoms with Crippen molar-refractivity contribution in [1.82, 2.24) is 0 Å². The minimum absolute atomic E-state index is 0.215. The Hall–Kier alpha value is -3.35. The zero-order valence-electron chi connectivity index (χ0n) is 17.5. The largest absolute Gasteiger partial charge is 0.0843 e. The van der Waals surface area contributed by atoms with Crippen LogP contribution in [-0.4, -0.2) is 0 Å². The van der Waals surface area contributed by atoms with Crippen molar-refractivity contribution in [2.45, 2.75) is 11.3 Å². The molecule has 1 spiro atoms. The number of halogens is 1. The molecule has 0 aliphatic heterocycles. The molecule has 0 bridgehead atoms. The van der Waals surface area contributed by atoms with Gasteiger partial charge in [-0.25, -0.2) is 0 Å². The summed E-state index contributed by atoms with van der Waals surface area (Å²) in [5, 5.41) is 0.805. The zero-order valence-corrected chi connectivity index (χ0v) is 18.3. The lowest BCUT2D eigenvalue weighted by Crippen LogP contribution is -2.33. The second-order valence-corrected chi connectivity index (χ2v) is 9.47. The van der Waals surface area contributed by atoms with Gasteiger partial charge in [0.1, 0.15) is 0 Å². The van der Waals surface area contributed by atoms with Gasteiger partial charge in [0, 0.05) is 16.9 Å². The Morgan fingerprint density at radius 3 is 2.03 bits per heavy atom. The molecule has 0 aromatic heterocycles. The molecule has 7 rings (SSSR count). The molecule has 152 valence electrons. The molecule has 0 fully saturated rings. The van der Waals surface area contributed by atoms with Crippen LogP contribution in [0.2, 0.25) is 5.02 Å². The summed E-state index contributed by atoms with van der Waals surface area (Å²) in [5.41, 5.74) is 10.6. The number of hydrogen-bond donors (Lipinski definition) is 0. The van der Waals surface area contributed by atoms with Crippen molar-refractivity contribution in [3.05, 3.63) is 148 Å². The van der Waals surface area contributed by atoms with E-state index in [1.54, 1.807) is 0 Å². The molecule has 3 aliphatic rings. The molecule has 3 aliphatic carbocycles. The number of fused-ring (bicyclic) bond motifs is 10. The maximum absolute atomic E-state index is 6.63. The van der Waals surface area contributed by atoms with E-state index in [2.05, 4.69) is 115 Å². The van der Waals surface area contributed by atoms with Crippen molar-refractivity contribution in [3.63, 3.8) is 0 Å². The standard InChI is InChI=1S/C31H21Cl/c32-22-15-16-25-26-18-21(20-8-2-1-3-9-20)14-17-29(26)31(30(25)19-22)27-12-6-4-10-23(27)24-11-5-7-13-28(24)31/h1-19,26,29H. The van der Waals surface area contributed by atoms with Crippen molar-refractivity contribution in [3.8, 4) is 11.1 Å². The first-order valence-electron chi connectivity index (χ1n) is 11.2. The van der Waals surface area contributed by atoms with Crippen molar-refractivity contribution in [2.24, 2.45) is 5.92 Å². The van der Waals surface area contributed by atoms with E-state index in [1.807, 2.05) is 0 Å². The molecule has 0 saturated carbocycles. The minimum atomic E-state index is -0.215. The van der Waals surface area contributed by atoms with Crippen molar-refractivity contribution < 1.29 is 0 Å². The molecule has 1 heteroatoms. The van der Waals surface area contributed by atoms with E-state index in [-0.39, 0.29) is 5.41 Å². The predicted octanol–water partition coefficient (Wildman–Crippen LogP) is 8.02. The second-order valence-electron chi connectivity index (χ2n) is 9.03. The van der Waals surface area contributed by atoms with E-state index < -0.39 is 0 Å². The van der Waals surface area contributed by atoms with Gasteiger partial charge in [-0.05, 0) is 56.6 Å². The Morgan fingerprint density at radius 2 is 1.31 bits per heavy atom. The van der Waals surface area contributed by atoms with Crippen molar-refractivity contribution in [1.29, 1.82) is 0 Å².